The highest BCUT2D eigenvalue weighted by Gasteiger charge is 2.08. The molecule has 1 aromatic carbocycles. The van der Waals surface area contributed by atoms with Crippen LogP contribution in [0.5, 0.6) is 0 Å². The van der Waals surface area contributed by atoms with E-state index in [1.54, 1.807) is 24.4 Å². The van der Waals surface area contributed by atoms with Gasteiger partial charge in [-0.3, -0.25) is 4.79 Å². The Labute approximate surface area is 112 Å². The second kappa shape index (κ2) is 4.51. The van der Waals surface area contributed by atoms with E-state index in [0.29, 0.717) is 10.9 Å². The summed E-state index contributed by atoms with van der Waals surface area (Å²) in [7, 11) is 0. The van der Waals surface area contributed by atoms with Crippen LogP contribution < -0.4 is 11.3 Å². The van der Waals surface area contributed by atoms with Crippen molar-refractivity contribution in [1.29, 1.82) is 0 Å². The molecular weight excluding hydrogens is 263 g/mol. The summed E-state index contributed by atoms with van der Waals surface area (Å²) in [4.78, 5) is 12.2. The number of fused-ring (bicyclic) bond motifs is 1. The van der Waals surface area contributed by atoms with Crippen molar-refractivity contribution < 1.29 is 4.39 Å². The predicted octanol–water partition coefficient (Wildman–Crippen LogP) is 2.83. The lowest BCUT2D eigenvalue weighted by atomic mass is 10.2. The van der Waals surface area contributed by atoms with E-state index in [4.69, 9.17) is 5.73 Å². The fraction of sp³-hybridized carbons (Fsp3) is 0.0714. The Morgan fingerprint density at radius 3 is 2.95 bits per heavy atom. The fourth-order valence-corrected chi connectivity index (χ4v) is 2.81. The number of anilines is 1. The summed E-state index contributed by atoms with van der Waals surface area (Å²) in [5.74, 6) is -0.459. The summed E-state index contributed by atoms with van der Waals surface area (Å²) in [6.07, 6.45) is 1.68. The van der Waals surface area contributed by atoms with Gasteiger partial charge < -0.3 is 10.3 Å². The number of rotatable bonds is 2. The first kappa shape index (κ1) is 11.9. The Morgan fingerprint density at radius 1 is 1.26 bits per heavy atom. The van der Waals surface area contributed by atoms with E-state index in [-0.39, 0.29) is 17.8 Å². The Morgan fingerprint density at radius 2 is 2.11 bits per heavy atom. The van der Waals surface area contributed by atoms with E-state index < -0.39 is 5.82 Å². The second-order valence-corrected chi connectivity index (χ2v) is 5.22. The first-order chi connectivity index (χ1) is 9.16. The Kier molecular flexibility index (Phi) is 2.83. The number of thiophene rings is 1. The van der Waals surface area contributed by atoms with E-state index in [2.05, 4.69) is 0 Å². The molecule has 0 aliphatic carbocycles. The summed E-state index contributed by atoms with van der Waals surface area (Å²) < 4.78 is 16.3. The average Bonchev–Trinajstić information content (AvgIpc) is 2.87. The molecule has 0 fully saturated rings. The number of hydrogen-bond donors (Lipinski definition) is 1. The smallest absolute Gasteiger partial charge is 0.259 e. The van der Waals surface area contributed by atoms with Crippen LogP contribution in [0.25, 0.3) is 10.1 Å². The van der Waals surface area contributed by atoms with Crippen LogP contribution in [-0.4, -0.2) is 4.57 Å². The molecule has 96 valence electrons. The standard InChI is InChI=1S/C14H11FN2OS/c15-13-9(2-1-3-11(13)16)8-17-6-4-12-10(14(17)18)5-7-19-12/h1-7H,8,16H2. The van der Waals surface area contributed by atoms with E-state index in [1.807, 2.05) is 11.4 Å². The molecule has 0 amide bonds. The van der Waals surface area contributed by atoms with E-state index >= 15 is 0 Å². The number of halogens is 1. The molecule has 2 aromatic heterocycles. The summed E-state index contributed by atoms with van der Waals surface area (Å²) in [6, 6.07) is 8.47. The van der Waals surface area contributed by atoms with Crippen molar-refractivity contribution >= 4 is 27.1 Å². The first-order valence-corrected chi connectivity index (χ1v) is 6.64. The number of pyridine rings is 1. The molecule has 3 aromatic rings. The lowest BCUT2D eigenvalue weighted by Crippen LogP contribution is -2.20. The maximum atomic E-state index is 13.8. The molecule has 3 rings (SSSR count). The first-order valence-electron chi connectivity index (χ1n) is 5.76. The molecule has 3 nitrogen and oxygen atoms in total. The lowest BCUT2D eigenvalue weighted by Gasteiger charge is -2.08. The van der Waals surface area contributed by atoms with Crippen LogP contribution in [-0.2, 0) is 6.54 Å². The van der Waals surface area contributed by atoms with Gasteiger partial charge in [-0.25, -0.2) is 4.39 Å². The molecule has 0 saturated carbocycles. The molecule has 0 aliphatic rings. The fourth-order valence-electron chi connectivity index (χ4n) is 2.04. The second-order valence-electron chi connectivity index (χ2n) is 4.27. The van der Waals surface area contributed by atoms with Crippen LogP contribution in [0.2, 0.25) is 0 Å². The van der Waals surface area contributed by atoms with Crippen LogP contribution in [0.4, 0.5) is 10.1 Å². The monoisotopic (exact) mass is 274 g/mol. The molecule has 0 saturated heterocycles. The quantitative estimate of drug-likeness (QED) is 0.730. The van der Waals surface area contributed by atoms with Crippen molar-refractivity contribution in [2.75, 3.05) is 5.73 Å². The lowest BCUT2D eigenvalue weighted by molar-refractivity contribution is 0.601. The number of nitrogens with two attached hydrogens (primary N) is 1. The Bertz CT molecular complexity index is 807. The third-order valence-corrected chi connectivity index (χ3v) is 3.92. The molecule has 0 atom stereocenters. The van der Waals surface area contributed by atoms with Crippen LogP contribution >= 0.6 is 11.3 Å². The third-order valence-electron chi connectivity index (χ3n) is 3.04. The Hall–Kier alpha value is -2.14. The van der Waals surface area contributed by atoms with Gasteiger partial charge in [-0.05, 0) is 23.6 Å². The zero-order valence-electron chi connectivity index (χ0n) is 9.97. The van der Waals surface area contributed by atoms with Crippen LogP contribution in [0.1, 0.15) is 5.56 Å². The van der Waals surface area contributed by atoms with Gasteiger partial charge in [0.1, 0.15) is 0 Å². The van der Waals surface area contributed by atoms with Crippen LogP contribution in [0.15, 0.2) is 46.7 Å². The van der Waals surface area contributed by atoms with E-state index in [0.717, 1.165) is 4.70 Å². The van der Waals surface area contributed by atoms with Crippen molar-refractivity contribution in [3.05, 3.63) is 63.6 Å². The summed E-state index contributed by atoms with van der Waals surface area (Å²) in [6.45, 7) is 0.182. The SMILES string of the molecule is Nc1cccc(Cn2ccc3sccc3c2=O)c1F. The molecule has 0 radical (unpaired) electrons. The number of hydrogen-bond acceptors (Lipinski definition) is 3. The maximum absolute atomic E-state index is 13.8. The van der Waals surface area contributed by atoms with Crippen molar-refractivity contribution in [3.63, 3.8) is 0 Å². The van der Waals surface area contributed by atoms with Crippen molar-refractivity contribution in [2.24, 2.45) is 0 Å². The van der Waals surface area contributed by atoms with Crippen molar-refractivity contribution in [1.82, 2.24) is 4.57 Å². The normalized spacial score (nSPS) is 11.0. The van der Waals surface area contributed by atoms with Crippen LogP contribution in [0, 0.1) is 5.82 Å². The maximum Gasteiger partial charge on any atom is 0.259 e. The Balaban J connectivity index is 2.08. The van der Waals surface area contributed by atoms with Gasteiger partial charge in [0.25, 0.3) is 5.56 Å². The number of nitrogen functional groups attached to an aromatic ring is 1. The van der Waals surface area contributed by atoms with Crippen molar-refractivity contribution in [3.8, 4) is 0 Å². The zero-order valence-corrected chi connectivity index (χ0v) is 10.8. The predicted molar refractivity (Wildman–Crippen MR) is 76.0 cm³/mol. The minimum atomic E-state index is -0.459. The molecule has 0 unspecified atom stereocenters. The number of aromatic nitrogens is 1. The molecule has 0 bridgehead atoms. The van der Waals surface area contributed by atoms with E-state index in [1.165, 1.54) is 22.0 Å². The minimum Gasteiger partial charge on any atom is -0.396 e. The highest BCUT2D eigenvalue weighted by Crippen LogP contribution is 2.18. The van der Waals surface area contributed by atoms with Gasteiger partial charge in [0.15, 0.2) is 5.82 Å². The average molecular weight is 274 g/mol. The summed E-state index contributed by atoms with van der Waals surface area (Å²) in [5.41, 5.74) is 5.93. The van der Waals surface area contributed by atoms with Gasteiger partial charge >= 0.3 is 0 Å². The molecule has 2 heterocycles. The summed E-state index contributed by atoms with van der Waals surface area (Å²) in [5, 5.41) is 2.54. The third kappa shape index (κ3) is 2.02. The van der Waals surface area contributed by atoms with Gasteiger partial charge in [0.2, 0.25) is 0 Å². The highest BCUT2D eigenvalue weighted by atomic mass is 32.1. The molecular formula is C14H11FN2OS. The molecule has 2 N–H and O–H groups in total. The van der Waals surface area contributed by atoms with Gasteiger partial charge in [-0.2, -0.15) is 0 Å². The largest absolute Gasteiger partial charge is 0.396 e. The summed E-state index contributed by atoms with van der Waals surface area (Å²) >= 11 is 1.51. The molecule has 5 heteroatoms. The van der Waals surface area contributed by atoms with E-state index in [9.17, 15) is 9.18 Å². The minimum absolute atomic E-state index is 0.0992. The number of nitrogens with zero attached hydrogens (tertiary/aromatic N) is 1. The van der Waals surface area contributed by atoms with Gasteiger partial charge in [0, 0.05) is 16.5 Å². The molecule has 19 heavy (non-hydrogen) atoms. The van der Waals surface area contributed by atoms with Crippen molar-refractivity contribution in [2.45, 2.75) is 6.54 Å². The zero-order chi connectivity index (χ0) is 13.4. The van der Waals surface area contributed by atoms with Gasteiger partial charge in [-0.1, -0.05) is 12.1 Å². The van der Waals surface area contributed by atoms with Gasteiger partial charge in [0.05, 0.1) is 17.6 Å². The molecule has 0 aliphatic heterocycles. The van der Waals surface area contributed by atoms with Gasteiger partial charge in [-0.15, -0.1) is 11.3 Å². The highest BCUT2D eigenvalue weighted by molar-refractivity contribution is 7.17. The number of benzene rings is 1. The topological polar surface area (TPSA) is 48.0 Å². The molecule has 0 spiro atoms. The van der Waals surface area contributed by atoms with Crippen LogP contribution in [0.3, 0.4) is 0 Å².